The van der Waals surface area contributed by atoms with Gasteiger partial charge in [0.05, 0.1) is 11.4 Å². The summed E-state index contributed by atoms with van der Waals surface area (Å²) in [7, 11) is 0. The molecule has 2 aromatic rings. The number of nitrogens with zero attached hydrogens (tertiary/aromatic N) is 3. The minimum atomic E-state index is 0.423. The molecule has 0 bridgehead atoms. The van der Waals surface area contributed by atoms with Crippen LogP contribution in [0.2, 0.25) is 0 Å². The molecule has 2 rings (SSSR count). The van der Waals surface area contributed by atoms with Crippen LogP contribution in [0, 0.1) is 0 Å². The summed E-state index contributed by atoms with van der Waals surface area (Å²) in [5, 5.41) is 7.89. The highest BCUT2D eigenvalue weighted by Crippen LogP contribution is 2.14. The minimum absolute atomic E-state index is 0.423. The predicted octanol–water partition coefficient (Wildman–Crippen LogP) is 2.20. The van der Waals surface area contributed by atoms with Gasteiger partial charge in [-0.1, -0.05) is 31.2 Å². The lowest BCUT2D eigenvalue weighted by Gasteiger charge is -2.05. The van der Waals surface area contributed by atoms with Crippen LogP contribution in [0.3, 0.4) is 0 Å². The van der Waals surface area contributed by atoms with E-state index in [4.69, 9.17) is 0 Å². The number of aryl methyl sites for hydroxylation is 1. The standard InChI is InChI=1S/C13H15N3O/c1-3-10-5-7-11(8-6-10)16-13(4-2)12(9-17)14-15-16/h5-9H,3-4H2,1-2H3. The van der Waals surface area contributed by atoms with Gasteiger partial charge in [0.25, 0.3) is 0 Å². The van der Waals surface area contributed by atoms with E-state index in [-0.39, 0.29) is 0 Å². The molecule has 0 N–H and O–H groups in total. The molecule has 4 heteroatoms. The Labute approximate surface area is 100 Å². The number of aldehydes is 1. The van der Waals surface area contributed by atoms with Gasteiger partial charge in [0.1, 0.15) is 5.69 Å². The fraction of sp³-hybridized carbons (Fsp3) is 0.308. The lowest BCUT2D eigenvalue weighted by atomic mass is 10.1. The molecule has 0 atom stereocenters. The normalized spacial score (nSPS) is 10.5. The molecule has 0 saturated heterocycles. The van der Waals surface area contributed by atoms with E-state index >= 15 is 0 Å². The first-order chi connectivity index (χ1) is 8.30. The Balaban J connectivity index is 2.44. The smallest absolute Gasteiger partial charge is 0.172 e. The van der Waals surface area contributed by atoms with E-state index in [9.17, 15) is 4.79 Å². The zero-order valence-electron chi connectivity index (χ0n) is 10.1. The second-order valence-corrected chi connectivity index (χ2v) is 3.82. The molecular weight excluding hydrogens is 214 g/mol. The Bertz CT molecular complexity index is 514. The Hall–Kier alpha value is -1.97. The molecule has 0 radical (unpaired) electrons. The molecule has 0 aliphatic heterocycles. The molecule has 0 saturated carbocycles. The molecule has 1 aromatic heterocycles. The molecule has 0 unspecified atom stereocenters. The second-order valence-electron chi connectivity index (χ2n) is 3.82. The van der Waals surface area contributed by atoms with Gasteiger partial charge in [-0.15, -0.1) is 5.10 Å². The zero-order chi connectivity index (χ0) is 12.3. The van der Waals surface area contributed by atoms with E-state index in [1.54, 1.807) is 4.68 Å². The first kappa shape index (κ1) is 11.5. The van der Waals surface area contributed by atoms with Crippen molar-refractivity contribution in [2.45, 2.75) is 26.7 Å². The molecule has 0 spiro atoms. The average Bonchev–Trinajstić information content (AvgIpc) is 2.81. The number of carbonyl (C=O) groups excluding carboxylic acids is 1. The molecule has 0 amide bonds. The SMILES string of the molecule is CCc1ccc(-n2nnc(C=O)c2CC)cc1. The summed E-state index contributed by atoms with van der Waals surface area (Å²) in [6.45, 7) is 4.11. The van der Waals surface area contributed by atoms with Crippen molar-refractivity contribution in [3.63, 3.8) is 0 Å². The first-order valence-corrected chi connectivity index (χ1v) is 5.79. The van der Waals surface area contributed by atoms with Crippen LogP contribution in [0.4, 0.5) is 0 Å². The van der Waals surface area contributed by atoms with Crippen molar-refractivity contribution in [1.82, 2.24) is 15.0 Å². The van der Waals surface area contributed by atoms with Crippen LogP contribution in [0.1, 0.15) is 35.6 Å². The summed E-state index contributed by atoms with van der Waals surface area (Å²) < 4.78 is 1.73. The van der Waals surface area contributed by atoms with Gasteiger partial charge in [-0.3, -0.25) is 4.79 Å². The van der Waals surface area contributed by atoms with Crippen LogP contribution < -0.4 is 0 Å². The molecule has 0 fully saturated rings. The van der Waals surface area contributed by atoms with Gasteiger partial charge in [0.2, 0.25) is 0 Å². The van der Waals surface area contributed by atoms with Crippen LogP contribution in [-0.4, -0.2) is 21.3 Å². The third kappa shape index (κ3) is 2.11. The maximum absolute atomic E-state index is 10.8. The molecule has 4 nitrogen and oxygen atoms in total. The summed E-state index contributed by atoms with van der Waals surface area (Å²) in [4.78, 5) is 10.8. The Morgan fingerprint density at radius 2 is 1.88 bits per heavy atom. The molecule has 1 aromatic carbocycles. The molecular formula is C13H15N3O. The number of hydrogen-bond donors (Lipinski definition) is 0. The molecule has 0 aliphatic carbocycles. The van der Waals surface area contributed by atoms with Gasteiger partial charge in [-0.25, -0.2) is 4.68 Å². The van der Waals surface area contributed by atoms with Crippen molar-refractivity contribution < 1.29 is 4.79 Å². The van der Waals surface area contributed by atoms with Gasteiger partial charge in [-0.2, -0.15) is 0 Å². The third-order valence-corrected chi connectivity index (χ3v) is 2.83. The lowest BCUT2D eigenvalue weighted by molar-refractivity contribution is 0.111. The minimum Gasteiger partial charge on any atom is -0.296 e. The van der Waals surface area contributed by atoms with E-state index in [0.717, 1.165) is 30.5 Å². The van der Waals surface area contributed by atoms with Gasteiger partial charge in [0.15, 0.2) is 6.29 Å². The topological polar surface area (TPSA) is 47.8 Å². The van der Waals surface area contributed by atoms with Gasteiger partial charge >= 0.3 is 0 Å². The number of hydrogen-bond acceptors (Lipinski definition) is 3. The highest BCUT2D eigenvalue weighted by Gasteiger charge is 2.11. The fourth-order valence-electron chi connectivity index (χ4n) is 1.82. The van der Waals surface area contributed by atoms with Crippen LogP contribution in [-0.2, 0) is 12.8 Å². The highest BCUT2D eigenvalue weighted by atomic mass is 16.1. The van der Waals surface area contributed by atoms with Gasteiger partial charge in [0, 0.05) is 0 Å². The molecule has 88 valence electrons. The highest BCUT2D eigenvalue weighted by molar-refractivity contribution is 5.73. The largest absolute Gasteiger partial charge is 0.296 e. The van der Waals surface area contributed by atoms with Crippen molar-refractivity contribution in [3.05, 3.63) is 41.2 Å². The van der Waals surface area contributed by atoms with E-state index in [1.165, 1.54) is 5.56 Å². The van der Waals surface area contributed by atoms with Crippen LogP contribution in [0.5, 0.6) is 0 Å². The maximum atomic E-state index is 10.8. The Morgan fingerprint density at radius 1 is 1.18 bits per heavy atom. The summed E-state index contributed by atoms with van der Waals surface area (Å²) in [5.74, 6) is 0. The number of rotatable bonds is 4. The van der Waals surface area contributed by atoms with Crippen molar-refractivity contribution in [2.24, 2.45) is 0 Å². The van der Waals surface area contributed by atoms with Crippen molar-refractivity contribution in [1.29, 1.82) is 0 Å². The van der Waals surface area contributed by atoms with Crippen molar-refractivity contribution in [2.75, 3.05) is 0 Å². The van der Waals surface area contributed by atoms with E-state index in [1.807, 2.05) is 19.1 Å². The van der Waals surface area contributed by atoms with Crippen LogP contribution >= 0.6 is 0 Å². The monoisotopic (exact) mass is 229 g/mol. The summed E-state index contributed by atoms with van der Waals surface area (Å²) in [5.41, 5.74) is 3.50. The van der Waals surface area contributed by atoms with Gasteiger partial charge in [-0.05, 0) is 30.5 Å². The fourth-order valence-corrected chi connectivity index (χ4v) is 1.82. The number of benzene rings is 1. The summed E-state index contributed by atoms with van der Waals surface area (Å²) in [6.07, 6.45) is 2.50. The zero-order valence-corrected chi connectivity index (χ0v) is 10.1. The number of aromatic nitrogens is 3. The van der Waals surface area contributed by atoms with E-state index in [2.05, 4.69) is 29.4 Å². The second kappa shape index (κ2) is 4.91. The van der Waals surface area contributed by atoms with Gasteiger partial charge < -0.3 is 0 Å². The quantitative estimate of drug-likeness (QED) is 0.755. The summed E-state index contributed by atoms with van der Waals surface area (Å²) >= 11 is 0. The van der Waals surface area contributed by atoms with Crippen LogP contribution in [0.15, 0.2) is 24.3 Å². The molecule has 1 heterocycles. The molecule has 0 aliphatic rings. The predicted molar refractivity (Wildman–Crippen MR) is 65.5 cm³/mol. The average molecular weight is 229 g/mol. The van der Waals surface area contributed by atoms with E-state index < -0.39 is 0 Å². The molecule has 17 heavy (non-hydrogen) atoms. The lowest BCUT2D eigenvalue weighted by Crippen LogP contribution is -2.02. The number of carbonyl (C=O) groups is 1. The van der Waals surface area contributed by atoms with Crippen molar-refractivity contribution >= 4 is 6.29 Å². The Morgan fingerprint density at radius 3 is 2.41 bits per heavy atom. The van der Waals surface area contributed by atoms with Crippen molar-refractivity contribution in [3.8, 4) is 5.69 Å². The van der Waals surface area contributed by atoms with Crippen LogP contribution in [0.25, 0.3) is 5.69 Å². The third-order valence-electron chi connectivity index (χ3n) is 2.83. The Kier molecular flexibility index (Phi) is 3.32. The maximum Gasteiger partial charge on any atom is 0.172 e. The summed E-state index contributed by atoms with van der Waals surface area (Å²) in [6, 6.07) is 8.14. The first-order valence-electron chi connectivity index (χ1n) is 5.79. The van der Waals surface area contributed by atoms with E-state index in [0.29, 0.717) is 5.69 Å².